The van der Waals surface area contributed by atoms with Crippen LogP contribution in [0.5, 0.6) is 11.5 Å². The van der Waals surface area contributed by atoms with Crippen molar-refractivity contribution in [3.05, 3.63) is 58.7 Å². The molecule has 0 aromatic heterocycles. The fraction of sp³-hybridized carbons (Fsp3) is 0.391. The van der Waals surface area contributed by atoms with Crippen LogP contribution in [0.4, 0.5) is 26.3 Å². The predicted molar refractivity (Wildman–Crippen MR) is 113 cm³/mol. The van der Waals surface area contributed by atoms with Crippen LogP contribution in [-0.2, 0) is 16.9 Å². The summed E-state index contributed by atoms with van der Waals surface area (Å²) in [6.45, 7) is 0. The summed E-state index contributed by atoms with van der Waals surface area (Å²) in [4.78, 5) is 26.9. The second-order valence-corrected chi connectivity index (χ2v) is 9.78. The van der Waals surface area contributed by atoms with E-state index in [-0.39, 0.29) is 42.7 Å². The molecule has 0 saturated heterocycles. The molecule has 12 heteroatoms. The average molecular weight is 521 g/mol. The van der Waals surface area contributed by atoms with E-state index < -0.39 is 53.3 Å². The van der Waals surface area contributed by atoms with Crippen LogP contribution >= 0.6 is 7.80 Å². The molecule has 0 bridgehead atoms. The summed E-state index contributed by atoms with van der Waals surface area (Å²) in [5.41, 5.74) is -6.68. The first-order chi connectivity index (χ1) is 16.3. The summed E-state index contributed by atoms with van der Waals surface area (Å²) in [6.07, 6.45) is -10.8. The Bertz CT molecular complexity index is 1110. The summed E-state index contributed by atoms with van der Waals surface area (Å²) in [7, 11) is -0.915. The molecule has 189 valence electrons. The molecule has 1 radical (unpaired) electrons. The van der Waals surface area contributed by atoms with Gasteiger partial charge in [0.25, 0.3) is 0 Å². The van der Waals surface area contributed by atoms with E-state index in [1.54, 1.807) is 0 Å². The van der Waals surface area contributed by atoms with Crippen molar-refractivity contribution in [1.29, 1.82) is 0 Å². The number of carbonyl (C=O) groups is 2. The number of halogens is 6. The number of rotatable bonds is 7. The molecule has 0 spiro atoms. The topological polar surface area (TPSA) is 69.7 Å². The average Bonchev–Trinajstić information content (AvgIpc) is 3.31. The molecule has 1 fully saturated rings. The second-order valence-electron chi connectivity index (χ2n) is 7.93. The number of Topliss-reactive ketones (excluding diaryl/α,β-unsaturated/α-hetero) is 1. The van der Waals surface area contributed by atoms with Gasteiger partial charge in [0.2, 0.25) is 5.52 Å². The Balaban J connectivity index is 2.23. The molecular formula is C23H20F6O5P. The standard InChI is InChI=1S/C23H20F6O5P/c1-33-15-9-6-10-16(34-2)18(15)20(31)35(32)21(11-3-4-12-21)19(30)17-13(22(24,25)26)7-5-8-14(17)23(27,28)29/h5-10H,3-4,11-12H2,1-2H3. The number of ether oxygens (including phenoxy) is 2. The largest absolute Gasteiger partial charge is 0.496 e. The molecule has 35 heavy (non-hydrogen) atoms. The van der Waals surface area contributed by atoms with Crippen molar-refractivity contribution in [2.45, 2.75) is 43.2 Å². The van der Waals surface area contributed by atoms with E-state index in [4.69, 9.17) is 9.47 Å². The maximum absolute atomic E-state index is 13.7. The van der Waals surface area contributed by atoms with Crippen molar-refractivity contribution in [2.75, 3.05) is 14.2 Å². The number of ketones is 1. The van der Waals surface area contributed by atoms with Crippen LogP contribution in [0.15, 0.2) is 36.4 Å². The maximum atomic E-state index is 13.7. The Kier molecular flexibility index (Phi) is 7.32. The van der Waals surface area contributed by atoms with E-state index >= 15 is 0 Å². The van der Waals surface area contributed by atoms with E-state index in [2.05, 4.69) is 0 Å². The van der Waals surface area contributed by atoms with Crippen LogP contribution in [0.25, 0.3) is 0 Å². The van der Waals surface area contributed by atoms with Gasteiger partial charge in [0.15, 0.2) is 13.6 Å². The molecule has 0 amide bonds. The van der Waals surface area contributed by atoms with Gasteiger partial charge >= 0.3 is 12.4 Å². The Morgan fingerprint density at radius 1 is 0.800 bits per heavy atom. The molecule has 2 aromatic rings. The van der Waals surface area contributed by atoms with Crippen molar-refractivity contribution in [3.8, 4) is 11.5 Å². The first-order valence-corrected chi connectivity index (χ1v) is 11.6. The highest BCUT2D eigenvalue weighted by molar-refractivity contribution is 7.67. The molecule has 0 aliphatic heterocycles. The van der Waals surface area contributed by atoms with Gasteiger partial charge in [0, 0.05) is 5.56 Å². The van der Waals surface area contributed by atoms with Crippen LogP contribution in [0.3, 0.4) is 0 Å². The van der Waals surface area contributed by atoms with Gasteiger partial charge in [0.1, 0.15) is 22.2 Å². The number of benzene rings is 2. The molecular weight excluding hydrogens is 501 g/mol. The van der Waals surface area contributed by atoms with E-state index in [1.807, 2.05) is 0 Å². The quantitative estimate of drug-likeness (QED) is 0.225. The zero-order chi connectivity index (χ0) is 26.2. The third kappa shape index (κ3) is 4.78. The van der Waals surface area contributed by atoms with Gasteiger partial charge in [-0.05, 0) is 37.1 Å². The molecule has 1 aliphatic carbocycles. The molecule has 1 unspecified atom stereocenters. The van der Waals surface area contributed by atoms with Gasteiger partial charge < -0.3 is 9.47 Å². The number of alkyl halides is 6. The third-order valence-corrected chi connectivity index (χ3v) is 7.99. The second kappa shape index (κ2) is 9.60. The molecule has 3 rings (SSSR count). The molecule has 2 aromatic carbocycles. The highest BCUT2D eigenvalue weighted by Crippen LogP contribution is 2.56. The monoisotopic (exact) mass is 521 g/mol. The normalized spacial score (nSPS) is 16.1. The maximum Gasteiger partial charge on any atom is 0.417 e. The number of hydrogen-bond acceptors (Lipinski definition) is 5. The summed E-state index contributed by atoms with van der Waals surface area (Å²) in [5.74, 6) is -1.74. The molecule has 1 aliphatic rings. The van der Waals surface area contributed by atoms with Gasteiger partial charge in [-0.1, -0.05) is 25.0 Å². The summed E-state index contributed by atoms with van der Waals surface area (Å²) < 4.78 is 106. The predicted octanol–water partition coefficient (Wildman–Crippen LogP) is 6.90. The van der Waals surface area contributed by atoms with Crippen molar-refractivity contribution in [2.24, 2.45) is 0 Å². The molecule has 0 N–H and O–H groups in total. The van der Waals surface area contributed by atoms with Crippen LogP contribution in [0.1, 0.15) is 57.5 Å². The Morgan fingerprint density at radius 2 is 1.23 bits per heavy atom. The highest BCUT2D eigenvalue weighted by Gasteiger charge is 2.54. The molecule has 5 nitrogen and oxygen atoms in total. The number of hydrogen-bond donors (Lipinski definition) is 0. The van der Waals surface area contributed by atoms with Crippen LogP contribution in [-0.4, -0.2) is 30.7 Å². The number of carbonyl (C=O) groups excluding carboxylic acids is 2. The van der Waals surface area contributed by atoms with E-state index in [0.29, 0.717) is 18.2 Å². The zero-order valence-electron chi connectivity index (χ0n) is 18.5. The first kappa shape index (κ1) is 26.7. The lowest BCUT2D eigenvalue weighted by molar-refractivity contribution is -0.143. The van der Waals surface area contributed by atoms with Crippen LogP contribution in [0, 0.1) is 0 Å². The molecule has 1 saturated carbocycles. The van der Waals surface area contributed by atoms with Gasteiger partial charge in [0.05, 0.1) is 25.3 Å². The van der Waals surface area contributed by atoms with Crippen molar-refractivity contribution in [1.82, 2.24) is 0 Å². The van der Waals surface area contributed by atoms with Gasteiger partial charge in [-0.15, -0.1) is 0 Å². The number of methoxy groups -OCH3 is 2. The SMILES string of the molecule is COc1cccc(OC)c1C(=O)[P](=O)C1(C(=O)c2c(C(F)(F)F)cccc2C(F)(F)F)CCCC1. The van der Waals surface area contributed by atoms with E-state index in [9.17, 15) is 40.5 Å². The van der Waals surface area contributed by atoms with E-state index in [0.717, 1.165) is 0 Å². The first-order valence-electron chi connectivity index (χ1n) is 10.3. The smallest absolute Gasteiger partial charge is 0.417 e. The summed E-state index contributed by atoms with van der Waals surface area (Å²) in [6, 6.07) is 5.44. The van der Waals surface area contributed by atoms with Crippen LogP contribution in [0.2, 0.25) is 0 Å². The minimum absolute atomic E-state index is 0.0648. The molecule has 0 heterocycles. The lowest BCUT2D eigenvalue weighted by Crippen LogP contribution is -2.37. The van der Waals surface area contributed by atoms with Gasteiger partial charge in [-0.2, -0.15) is 26.3 Å². The molecule has 1 atom stereocenters. The summed E-state index contributed by atoms with van der Waals surface area (Å²) >= 11 is 0. The van der Waals surface area contributed by atoms with Crippen molar-refractivity contribution in [3.63, 3.8) is 0 Å². The third-order valence-electron chi connectivity index (χ3n) is 5.97. The van der Waals surface area contributed by atoms with Gasteiger partial charge in [-0.3, -0.25) is 14.2 Å². The van der Waals surface area contributed by atoms with Crippen molar-refractivity contribution >= 4 is 19.1 Å². The lowest BCUT2D eigenvalue weighted by atomic mass is 9.88. The zero-order valence-corrected chi connectivity index (χ0v) is 19.4. The highest BCUT2D eigenvalue weighted by atomic mass is 31.1. The summed E-state index contributed by atoms with van der Waals surface area (Å²) in [5, 5.41) is -2.25. The Morgan fingerprint density at radius 3 is 1.63 bits per heavy atom. The van der Waals surface area contributed by atoms with Gasteiger partial charge in [-0.25, -0.2) is 0 Å². The minimum atomic E-state index is -5.30. The Labute approximate surface area is 197 Å². The van der Waals surface area contributed by atoms with Crippen molar-refractivity contribution < 1.29 is 50.0 Å². The minimum Gasteiger partial charge on any atom is -0.496 e. The fourth-order valence-electron chi connectivity index (χ4n) is 4.34. The Hall–Kier alpha value is -2.94. The van der Waals surface area contributed by atoms with E-state index in [1.165, 1.54) is 32.4 Å². The fourth-order valence-corrected chi connectivity index (χ4v) is 6.17. The lowest BCUT2D eigenvalue weighted by Gasteiger charge is -2.28. The van der Waals surface area contributed by atoms with Crippen LogP contribution < -0.4 is 9.47 Å².